The third-order valence-electron chi connectivity index (χ3n) is 1.99. The molecule has 1 nitrogen and oxygen atoms in total. The van der Waals surface area contributed by atoms with E-state index in [1.165, 1.54) is 5.56 Å². The zero-order valence-electron chi connectivity index (χ0n) is 6.04. The summed E-state index contributed by atoms with van der Waals surface area (Å²) in [6, 6.07) is 11.9. The van der Waals surface area contributed by atoms with Crippen molar-refractivity contribution in [1.29, 1.82) is 0 Å². The van der Waals surface area contributed by atoms with Crippen molar-refractivity contribution >= 4 is 0 Å². The van der Waals surface area contributed by atoms with Gasteiger partial charge >= 0.3 is 0 Å². The highest BCUT2D eigenvalue weighted by molar-refractivity contribution is 5.25. The Morgan fingerprint density at radius 1 is 1.20 bits per heavy atom. The summed E-state index contributed by atoms with van der Waals surface area (Å²) in [6.07, 6.45) is 0. The summed E-state index contributed by atoms with van der Waals surface area (Å²) in [7, 11) is 0. The second-order valence-corrected chi connectivity index (χ2v) is 2.84. The Kier molecular flexibility index (Phi) is 1.24. The molecule has 0 amide bonds. The molecule has 52 valence electrons. The Balaban J connectivity index is 2.20. The van der Waals surface area contributed by atoms with E-state index < -0.39 is 0 Å². The number of rotatable bonds is 1. The van der Waals surface area contributed by atoms with Crippen LogP contribution in [0, 0.1) is 0 Å². The van der Waals surface area contributed by atoms with Crippen molar-refractivity contribution in [1.82, 2.24) is 5.32 Å². The van der Waals surface area contributed by atoms with E-state index >= 15 is 0 Å². The molecule has 2 rings (SSSR count). The fourth-order valence-electron chi connectivity index (χ4n) is 1.27. The Morgan fingerprint density at radius 2 is 1.80 bits per heavy atom. The van der Waals surface area contributed by atoms with E-state index in [-0.39, 0.29) is 0 Å². The topological polar surface area (TPSA) is 21.9 Å². The smallest absolute Gasteiger partial charge is 0.0476 e. The van der Waals surface area contributed by atoms with Gasteiger partial charge in [0.1, 0.15) is 0 Å². The average molecular weight is 133 g/mol. The molecule has 0 saturated carbocycles. The van der Waals surface area contributed by atoms with E-state index in [0.29, 0.717) is 12.1 Å². The molecule has 1 saturated heterocycles. The van der Waals surface area contributed by atoms with Gasteiger partial charge in [0.05, 0.1) is 0 Å². The fraction of sp³-hybridized carbons (Fsp3) is 0.333. The molecule has 1 aromatic rings. The Labute approximate surface area is 61.1 Å². The van der Waals surface area contributed by atoms with Crippen LogP contribution in [0.4, 0.5) is 0 Å². The van der Waals surface area contributed by atoms with Gasteiger partial charge in [-0.15, -0.1) is 0 Å². The molecule has 0 aromatic heterocycles. The maximum absolute atomic E-state index is 3.35. The summed E-state index contributed by atoms with van der Waals surface area (Å²) in [4.78, 5) is 0. The lowest BCUT2D eigenvalue weighted by Gasteiger charge is -1.92. The third-order valence-corrected chi connectivity index (χ3v) is 1.99. The summed E-state index contributed by atoms with van der Waals surface area (Å²) in [5.74, 6) is 0. The van der Waals surface area contributed by atoms with Crippen LogP contribution in [0.5, 0.6) is 0 Å². The van der Waals surface area contributed by atoms with Gasteiger partial charge < -0.3 is 5.32 Å². The zero-order valence-corrected chi connectivity index (χ0v) is 6.04. The van der Waals surface area contributed by atoms with Crippen molar-refractivity contribution < 1.29 is 0 Å². The maximum Gasteiger partial charge on any atom is 0.0476 e. The van der Waals surface area contributed by atoms with Crippen molar-refractivity contribution in [3.63, 3.8) is 0 Å². The van der Waals surface area contributed by atoms with Crippen LogP contribution in [0.15, 0.2) is 30.3 Å². The van der Waals surface area contributed by atoms with E-state index in [0.717, 1.165) is 0 Å². The van der Waals surface area contributed by atoms with E-state index in [9.17, 15) is 0 Å². The van der Waals surface area contributed by atoms with Crippen molar-refractivity contribution in [3.8, 4) is 0 Å². The number of benzene rings is 1. The normalized spacial score (nSPS) is 30.1. The molecule has 2 unspecified atom stereocenters. The third kappa shape index (κ3) is 0.929. The summed E-state index contributed by atoms with van der Waals surface area (Å²) in [5, 5.41) is 3.35. The van der Waals surface area contributed by atoms with E-state index in [4.69, 9.17) is 0 Å². The second-order valence-electron chi connectivity index (χ2n) is 2.84. The minimum absolute atomic E-state index is 0.626. The molecule has 2 atom stereocenters. The number of hydrogen-bond acceptors (Lipinski definition) is 1. The minimum Gasteiger partial charge on any atom is -0.304 e. The fourth-order valence-corrected chi connectivity index (χ4v) is 1.27. The Bertz CT molecular complexity index is 217. The van der Waals surface area contributed by atoms with Gasteiger partial charge in [0, 0.05) is 12.1 Å². The lowest BCUT2D eigenvalue weighted by molar-refractivity contribution is 1.04. The molecule has 0 radical (unpaired) electrons. The van der Waals surface area contributed by atoms with Gasteiger partial charge in [0.2, 0.25) is 0 Å². The quantitative estimate of drug-likeness (QED) is 0.579. The van der Waals surface area contributed by atoms with E-state index in [2.05, 4.69) is 42.6 Å². The van der Waals surface area contributed by atoms with Gasteiger partial charge in [-0.1, -0.05) is 30.3 Å². The molecule has 0 bridgehead atoms. The maximum atomic E-state index is 3.35. The molecule has 1 aromatic carbocycles. The monoisotopic (exact) mass is 133 g/mol. The predicted octanol–water partition coefficient (Wildman–Crippen LogP) is 1.72. The Hall–Kier alpha value is -0.820. The first-order valence-electron chi connectivity index (χ1n) is 3.69. The van der Waals surface area contributed by atoms with Crippen molar-refractivity contribution in [2.75, 3.05) is 0 Å². The molecule has 1 N–H and O–H groups in total. The summed E-state index contributed by atoms with van der Waals surface area (Å²) >= 11 is 0. The van der Waals surface area contributed by atoms with Crippen LogP contribution in [0.3, 0.4) is 0 Å². The van der Waals surface area contributed by atoms with Crippen LogP contribution in [0.1, 0.15) is 18.5 Å². The largest absolute Gasteiger partial charge is 0.304 e. The van der Waals surface area contributed by atoms with Crippen LogP contribution >= 0.6 is 0 Å². The molecule has 10 heavy (non-hydrogen) atoms. The molecule has 1 fully saturated rings. The predicted molar refractivity (Wildman–Crippen MR) is 41.8 cm³/mol. The summed E-state index contributed by atoms with van der Waals surface area (Å²) in [5.41, 5.74) is 1.41. The molecule has 1 aliphatic rings. The van der Waals surface area contributed by atoms with E-state index in [1.54, 1.807) is 0 Å². The molecule has 0 aliphatic carbocycles. The molecular weight excluding hydrogens is 122 g/mol. The highest BCUT2D eigenvalue weighted by Gasteiger charge is 2.32. The number of hydrogen-bond donors (Lipinski definition) is 1. The van der Waals surface area contributed by atoms with Gasteiger partial charge in [-0.2, -0.15) is 0 Å². The first-order chi connectivity index (χ1) is 4.88. The van der Waals surface area contributed by atoms with Crippen LogP contribution in [-0.4, -0.2) is 6.04 Å². The molecule has 1 aliphatic heterocycles. The Morgan fingerprint density at radius 3 is 2.30 bits per heavy atom. The summed E-state index contributed by atoms with van der Waals surface area (Å²) in [6.45, 7) is 2.21. The molecule has 1 heteroatoms. The van der Waals surface area contributed by atoms with Crippen LogP contribution < -0.4 is 5.32 Å². The lowest BCUT2D eigenvalue weighted by atomic mass is 10.1. The SMILES string of the molecule is C[12CH]1NC1c1ccccc1. The van der Waals surface area contributed by atoms with Crippen molar-refractivity contribution in [2.45, 2.75) is 19.0 Å². The van der Waals surface area contributed by atoms with Crippen LogP contribution in [0.25, 0.3) is 0 Å². The van der Waals surface area contributed by atoms with Gasteiger partial charge in [-0.3, -0.25) is 0 Å². The standard InChI is InChI=1S/C9H11N/c1-7-9(10-7)8-5-3-2-4-6-8/h2-7,9-10H,1H3/i7+0. The molecule has 0 spiro atoms. The number of nitrogens with one attached hydrogen (secondary N) is 1. The zero-order chi connectivity index (χ0) is 6.97. The van der Waals surface area contributed by atoms with Gasteiger partial charge in [0.25, 0.3) is 0 Å². The highest BCUT2D eigenvalue weighted by Crippen LogP contribution is 2.28. The molecular formula is C9H11N. The average Bonchev–Trinajstić information content (AvgIpc) is 2.69. The summed E-state index contributed by atoms with van der Waals surface area (Å²) < 4.78 is 0. The van der Waals surface area contributed by atoms with Gasteiger partial charge in [-0.05, 0) is 12.5 Å². The van der Waals surface area contributed by atoms with Crippen molar-refractivity contribution in [3.05, 3.63) is 35.9 Å². The highest BCUT2D eigenvalue weighted by atomic mass is 15.1. The van der Waals surface area contributed by atoms with Crippen molar-refractivity contribution in [2.24, 2.45) is 0 Å². The second kappa shape index (κ2) is 2.10. The first kappa shape index (κ1) is 5.93. The van der Waals surface area contributed by atoms with Gasteiger partial charge in [0.15, 0.2) is 0 Å². The first-order valence-corrected chi connectivity index (χ1v) is 3.69. The van der Waals surface area contributed by atoms with E-state index in [1.807, 2.05) is 0 Å². The lowest BCUT2D eigenvalue weighted by Crippen LogP contribution is -1.81. The van der Waals surface area contributed by atoms with Crippen LogP contribution in [0.2, 0.25) is 0 Å². The minimum atomic E-state index is 0.626. The van der Waals surface area contributed by atoms with Crippen LogP contribution in [-0.2, 0) is 0 Å². The molecule has 1 heterocycles. The van der Waals surface area contributed by atoms with Gasteiger partial charge in [-0.25, -0.2) is 0 Å².